The summed E-state index contributed by atoms with van der Waals surface area (Å²) < 4.78 is 117. The zero-order chi connectivity index (χ0) is 35.8. The molecule has 0 atom stereocenters. The number of allylic oxidation sites excluding steroid dienone is 5. The molecule has 0 aliphatic heterocycles. The third kappa shape index (κ3) is 10.4. The average Bonchev–Trinajstić information content (AvgIpc) is 2.96. The van der Waals surface area contributed by atoms with E-state index < -0.39 is 45.1 Å². The van der Waals surface area contributed by atoms with Crippen LogP contribution in [0, 0.1) is 6.92 Å². The molecule has 0 unspecified atom stereocenters. The van der Waals surface area contributed by atoms with E-state index in [1.165, 1.54) is 45.9 Å². The summed E-state index contributed by atoms with van der Waals surface area (Å²) in [5, 5.41) is 3.05. The fourth-order valence-electron chi connectivity index (χ4n) is 5.17. The van der Waals surface area contributed by atoms with Crippen LogP contribution in [0.1, 0.15) is 23.6 Å². The van der Waals surface area contributed by atoms with Crippen molar-refractivity contribution < 1.29 is 107 Å². The van der Waals surface area contributed by atoms with Crippen LogP contribution >= 0.6 is 0 Å². The van der Waals surface area contributed by atoms with Gasteiger partial charge in [-0.1, -0.05) is 6.07 Å². The summed E-state index contributed by atoms with van der Waals surface area (Å²) in [7, 11) is -8.43. The van der Waals surface area contributed by atoms with E-state index in [9.17, 15) is 38.9 Å². The summed E-state index contributed by atoms with van der Waals surface area (Å²) in [6, 6.07) is 13.0. The molecule has 1 aliphatic carbocycles. The Morgan fingerprint density at radius 2 is 1.48 bits per heavy atom. The summed E-state index contributed by atoms with van der Waals surface area (Å²) in [5.41, 5.74) is 2.47. The third-order valence-corrected chi connectivity index (χ3v) is 9.72. The molecule has 0 heterocycles. The number of aryl methyl sites for hydroxylation is 1. The number of ether oxygens (including phenoxy) is 1. The fraction of sp³-hybridized carbons (Fsp3) is 0.219. The van der Waals surface area contributed by atoms with E-state index >= 15 is 0 Å². The van der Waals surface area contributed by atoms with Gasteiger partial charge < -0.3 is 28.6 Å². The molecular formula is C32H33N3Na2O10S3. The van der Waals surface area contributed by atoms with E-state index in [1.807, 2.05) is 0 Å². The van der Waals surface area contributed by atoms with Gasteiger partial charge in [0.1, 0.15) is 55.1 Å². The number of hydrogen-bond donors (Lipinski definition) is 1. The van der Waals surface area contributed by atoms with Gasteiger partial charge in [-0.2, -0.15) is 0 Å². The normalized spacial score (nSPS) is 14.2. The summed E-state index contributed by atoms with van der Waals surface area (Å²) in [6.45, 7) is 3.51. The van der Waals surface area contributed by atoms with Crippen molar-refractivity contribution in [3.63, 3.8) is 0 Å². The molecule has 3 aromatic carbocycles. The van der Waals surface area contributed by atoms with E-state index in [4.69, 9.17) is 4.74 Å². The van der Waals surface area contributed by atoms with E-state index in [0.29, 0.717) is 22.5 Å². The Labute approximate surface area is 337 Å². The number of anilines is 3. The molecule has 0 radical (unpaired) electrons. The molecule has 13 nitrogen and oxygen atoms in total. The Balaban J connectivity index is 0.00000433. The molecule has 18 heteroatoms. The van der Waals surface area contributed by atoms with E-state index in [0.717, 1.165) is 0 Å². The number of hydrogen-bond acceptors (Lipinski definition) is 12. The van der Waals surface area contributed by atoms with Gasteiger partial charge in [-0.25, -0.2) is 29.8 Å². The SMILES string of the molecule is CCOc1cc(Nc2cc(C)cc(S(=O)(=O)[O-])c2)ccc1C(=C1C=CC(=[N+](C)C)C(S(=O)(=O)[O-])=C1)c1ccc(N(C)C)c(S(=O)(=O)[O-])c1.[Na+].[Na+]. The van der Waals surface area contributed by atoms with Crippen molar-refractivity contribution in [1.29, 1.82) is 0 Å². The van der Waals surface area contributed by atoms with Crippen LogP contribution in [-0.4, -0.2) is 84.0 Å². The van der Waals surface area contributed by atoms with Crippen LogP contribution in [0.3, 0.4) is 0 Å². The third-order valence-electron chi connectivity index (χ3n) is 7.18. The standard InChI is InChI=1S/C32H35N3O10S3.2Na/c1-7-45-29-19-23(33-24-14-20(2)15-25(18-24)46(36,37)38)10-11-26(29)32(21-8-12-27(34(3)4)30(16-21)47(39,40)41)22-9-13-28(35(5)6)31(17-22)48(42,43)44;;/h8-19H,7H2,1-6H3,(H3,36,37,38,39,40,41,42,43,44);;/q;2*+1/p-2. The largest absolute Gasteiger partial charge is 1.00 e. The molecule has 1 N–H and O–H groups in total. The Morgan fingerprint density at radius 1 is 0.820 bits per heavy atom. The summed E-state index contributed by atoms with van der Waals surface area (Å²) in [4.78, 5) is -0.00554. The molecular weight excluding hydrogens is 729 g/mol. The molecule has 1 aliphatic rings. The Bertz CT molecular complexity index is 2260. The molecule has 0 bridgehead atoms. The molecule has 0 fully saturated rings. The van der Waals surface area contributed by atoms with Crippen molar-refractivity contribution in [2.45, 2.75) is 23.6 Å². The van der Waals surface area contributed by atoms with Crippen LogP contribution in [0.25, 0.3) is 5.57 Å². The number of nitrogens with zero attached hydrogens (tertiary/aromatic N) is 2. The first-order chi connectivity index (χ1) is 22.2. The summed E-state index contributed by atoms with van der Waals surface area (Å²) >= 11 is 0. The van der Waals surface area contributed by atoms with Gasteiger partial charge in [0.25, 0.3) is 0 Å². The van der Waals surface area contributed by atoms with Gasteiger partial charge in [0.15, 0.2) is 0 Å². The van der Waals surface area contributed by atoms with Crippen molar-refractivity contribution in [3.8, 4) is 5.75 Å². The first-order valence-electron chi connectivity index (χ1n) is 14.2. The number of benzene rings is 3. The fourth-order valence-corrected chi connectivity index (χ4v) is 7.33. The zero-order valence-corrected chi connectivity index (χ0v) is 35.3. The second kappa shape index (κ2) is 17.0. The van der Waals surface area contributed by atoms with Gasteiger partial charge in [-0.05, 0) is 90.7 Å². The predicted octanol–water partition coefficient (Wildman–Crippen LogP) is -2.47. The average molecular weight is 762 g/mol. The Hall–Kier alpha value is -2.32. The van der Waals surface area contributed by atoms with Crippen molar-refractivity contribution >= 4 is 58.7 Å². The van der Waals surface area contributed by atoms with Gasteiger partial charge >= 0.3 is 59.1 Å². The van der Waals surface area contributed by atoms with Crippen molar-refractivity contribution in [1.82, 2.24) is 0 Å². The minimum Gasteiger partial charge on any atom is -0.744 e. The number of nitrogens with one attached hydrogen (secondary N) is 1. The van der Waals surface area contributed by atoms with Crippen LogP contribution in [-0.2, 0) is 30.4 Å². The molecule has 0 amide bonds. The Kier molecular flexibility index (Phi) is 14.9. The molecule has 3 aromatic rings. The molecule has 0 spiro atoms. The minimum absolute atomic E-state index is 0. The minimum atomic E-state index is -4.99. The molecule has 256 valence electrons. The smallest absolute Gasteiger partial charge is 0.744 e. The molecule has 0 aromatic heterocycles. The van der Waals surface area contributed by atoms with Gasteiger partial charge in [0, 0.05) is 43.2 Å². The quantitative estimate of drug-likeness (QED) is 0.130. The van der Waals surface area contributed by atoms with Gasteiger partial charge in [-0.3, -0.25) is 0 Å². The van der Waals surface area contributed by atoms with E-state index in [-0.39, 0.29) is 99.6 Å². The van der Waals surface area contributed by atoms with Crippen molar-refractivity contribution in [3.05, 3.63) is 100.0 Å². The van der Waals surface area contributed by atoms with Crippen molar-refractivity contribution in [2.75, 3.05) is 45.0 Å². The number of rotatable bonds is 10. The topological polar surface area (TPSA) is 199 Å². The summed E-state index contributed by atoms with van der Waals surface area (Å²) in [6.07, 6.45) is 4.18. The van der Waals surface area contributed by atoms with Crippen LogP contribution < -0.4 is 74.1 Å². The Morgan fingerprint density at radius 3 is 2.02 bits per heavy atom. The maximum absolute atomic E-state index is 12.4. The van der Waals surface area contributed by atoms with Crippen molar-refractivity contribution in [2.24, 2.45) is 0 Å². The maximum atomic E-state index is 12.4. The van der Waals surface area contributed by atoms with E-state index in [1.54, 1.807) is 78.4 Å². The van der Waals surface area contributed by atoms with E-state index in [2.05, 4.69) is 5.32 Å². The molecule has 0 saturated heterocycles. The van der Waals surface area contributed by atoms with Crippen LogP contribution in [0.5, 0.6) is 5.75 Å². The molecule has 50 heavy (non-hydrogen) atoms. The molecule has 0 saturated carbocycles. The maximum Gasteiger partial charge on any atom is 1.00 e. The summed E-state index contributed by atoms with van der Waals surface area (Å²) in [5.74, 6) is 0.230. The van der Waals surface area contributed by atoms with Crippen LogP contribution in [0.4, 0.5) is 17.1 Å². The second-order valence-electron chi connectivity index (χ2n) is 11.2. The second-order valence-corrected chi connectivity index (χ2v) is 15.3. The predicted molar refractivity (Wildman–Crippen MR) is 179 cm³/mol. The van der Waals surface area contributed by atoms with Gasteiger partial charge in [0.05, 0.1) is 22.1 Å². The van der Waals surface area contributed by atoms with Crippen LogP contribution in [0.2, 0.25) is 0 Å². The first kappa shape index (κ1) is 43.8. The molecule has 4 rings (SSSR count). The van der Waals surface area contributed by atoms with Gasteiger partial charge in [-0.15, -0.1) is 0 Å². The monoisotopic (exact) mass is 761 g/mol. The first-order valence-corrected chi connectivity index (χ1v) is 18.5. The zero-order valence-electron chi connectivity index (χ0n) is 28.8. The van der Waals surface area contributed by atoms with Gasteiger partial charge in [0.2, 0.25) is 5.71 Å². The van der Waals surface area contributed by atoms with Crippen LogP contribution in [0.15, 0.2) is 93.1 Å².